The van der Waals surface area contributed by atoms with E-state index in [4.69, 9.17) is 18.9 Å². The molecule has 380 valence electrons. The molecule has 14 nitrogen and oxygen atoms in total. The van der Waals surface area contributed by atoms with Crippen LogP contribution in [0.4, 0.5) is 0 Å². The summed E-state index contributed by atoms with van der Waals surface area (Å²) in [7, 11) is 0. The fraction of sp³-hybridized carbons (Fsp3) is 0.863. The van der Waals surface area contributed by atoms with Crippen molar-refractivity contribution in [2.75, 3.05) is 19.8 Å². The molecule has 2 fully saturated rings. The molecule has 1 amide bonds. The topological polar surface area (TPSA) is 228 Å². The summed E-state index contributed by atoms with van der Waals surface area (Å²) in [6.07, 6.45) is 26.0. The number of allylic oxidation sites excluding steroid dienone is 5. The lowest BCUT2D eigenvalue weighted by Crippen LogP contribution is -2.65. The van der Waals surface area contributed by atoms with E-state index in [2.05, 4.69) is 43.5 Å². The van der Waals surface area contributed by atoms with E-state index in [1.807, 2.05) is 6.08 Å². The quantitative estimate of drug-likeness (QED) is 0.0231. The molecule has 9 N–H and O–H groups in total. The molecule has 0 bridgehead atoms. The van der Waals surface area contributed by atoms with Gasteiger partial charge in [-0.15, -0.1) is 0 Å². The van der Waals surface area contributed by atoms with Crippen molar-refractivity contribution in [1.29, 1.82) is 0 Å². The lowest BCUT2D eigenvalue weighted by Gasteiger charge is -2.46. The number of rotatable bonds is 39. The summed E-state index contributed by atoms with van der Waals surface area (Å²) in [5.74, 6) is -0.254. The van der Waals surface area contributed by atoms with Gasteiger partial charge >= 0.3 is 0 Å². The second kappa shape index (κ2) is 38.1. The van der Waals surface area contributed by atoms with Gasteiger partial charge < -0.3 is 65.1 Å². The highest BCUT2D eigenvalue weighted by Crippen LogP contribution is 2.30. The molecule has 2 aliphatic heterocycles. The van der Waals surface area contributed by atoms with Crippen LogP contribution in [0.5, 0.6) is 0 Å². The van der Waals surface area contributed by atoms with Crippen LogP contribution in [0.25, 0.3) is 0 Å². The van der Waals surface area contributed by atoms with E-state index in [-0.39, 0.29) is 18.9 Å². The summed E-state index contributed by atoms with van der Waals surface area (Å²) >= 11 is 0. The number of carbonyl (C=O) groups is 1. The molecule has 65 heavy (non-hydrogen) atoms. The molecule has 0 aromatic heterocycles. The number of carbonyl (C=O) groups excluding carboxylic acids is 1. The zero-order valence-corrected chi connectivity index (χ0v) is 40.2. The van der Waals surface area contributed by atoms with Crippen LogP contribution in [-0.4, -0.2) is 140 Å². The zero-order valence-electron chi connectivity index (χ0n) is 40.2. The predicted molar refractivity (Wildman–Crippen MR) is 254 cm³/mol. The van der Waals surface area contributed by atoms with Crippen molar-refractivity contribution in [2.24, 2.45) is 0 Å². The fourth-order valence-electron chi connectivity index (χ4n) is 8.32. The first kappa shape index (κ1) is 59.3. The minimum Gasteiger partial charge on any atom is -0.394 e. The highest BCUT2D eigenvalue weighted by atomic mass is 16.7. The van der Waals surface area contributed by atoms with Crippen LogP contribution in [0.3, 0.4) is 0 Å². The Balaban J connectivity index is 1.86. The minimum absolute atomic E-state index is 0.254. The first-order valence-corrected chi connectivity index (χ1v) is 25.7. The Morgan fingerprint density at radius 2 is 1.02 bits per heavy atom. The summed E-state index contributed by atoms with van der Waals surface area (Å²) in [4.78, 5) is 13.2. The van der Waals surface area contributed by atoms with Crippen LogP contribution < -0.4 is 5.32 Å². The van der Waals surface area contributed by atoms with Crippen molar-refractivity contribution in [2.45, 2.75) is 261 Å². The van der Waals surface area contributed by atoms with E-state index in [0.717, 1.165) is 64.2 Å². The number of aliphatic hydroxyl groups is 8. The molecule has 12 atom stereocenters. The molecule has 0 aliphatic carbocycles. The molecule has 0 spiro atoms. The van der Waals surface area contributed by atoms with Gasteiger partial charge in [0.05, 0.1) is 32.0 Å². The van der Waals surface area contributed by atoms with Gasteiger partial charge in [0.1, 0.15) is 48.8 Å². The molecule has 0 saturated carbocycles. The maximum absolute atomic E-state index is 13.2. The number of unbranched alkanes of at least 4 members (excludes halogenated alkanes) is 22. The number of ether oxygens (including phenoxy) is 4. The van der Waals surface area contributed by atoms with E-state index in [0.29, 0.717) is 6.42 Å². The van der Waals surface area contributed by atoms with Crippen LogP contribution in [0, 0.1) is 0 Å². The van der Waals surface area contributed by atoms with Crippen molar-refractivity contribution in [3.05, 3.63) is 36.5 Å². The van der Waals surface area contributed by atoms with Crippen LogP contribution in [0.1, 0.15) is 187 Å². The van der Waals surface area contributed by atoms with E-state index in [1.165, 1.54) is 96.3 Å². The SMILES string of the molecule is CCCCCC/C=C\C/C=C\CCCCCCCC(=O)NC(COC1OC(CO)C(OC2OC(CO)C(O)C(O)C2O)C(O)C1O)C(O)/C=C/CCCCCCCCCCCCCCC. The summed E-state index contributed by atoms with van der Waals surface area (Å²) in [6, 6.07) is -0.920. The van der Waals surface area contributed by atoms with E-state index in [1.54, 1.807) is 6.08 Å². The predicted octanol–water partition coefficient (Wildman–Crippen LogP) is 6.71. The summed E-state index contributed by atoms with van der Waals surface area (Å²) in [5.41, 5.74) is 0. The van der Waals surface area contributed by atoms with Crippen LogP contribution >= 0.6 is 0 Å². The Labute approximate surface area is 391 Å². The molecule has 2 rings (SSSR count). The Bertz CT molecular complexity index is 1230. The summed E-state index contributed by atoms with van der Waals surface area (Å²) in [6.45, 7) is 2.75. The molecule has 2 heterocycles. The lowest BCUT2D eigenvalue weighted by molar-refractivity contribution is -0.359. The van der Waals surface area contributed by atoms with Crippen molar-refractivity contribution in [3.8, 4) is 0 Å². The van der Waals surface area contributed by atoms with Crippen molar-refractivity contribution < 1.29 is 64.6 Å². The fourth-order valence-corrected chi connectivity index (χ4v) is 8.32. The van der Waals surface area contributed by atoms with Crippen LogP contribution in [0.2, 0.25) is 0 Å². The maximum Gasteiger partial charge on any atom is 0.220 e. The average molecular weight is 928 g/mol. The van der Waals surface area contributed by atoms with Gasteiger partial charge in [-0.25, -0.2) is 0 Å². The van der Waals surface area contributed by atoms with Gasteiger partial charge in [0.2, 0.25) is 5.91 Å². The molecule has 0 aromatic rings. The van der Waals surface area contributed by atoms with E-state index < -0.39 is 86.8 Å². The number of hydrogen-bond acceptors (Lipinski definition) is 13. The van der Waals surface area contributed by atoms with Crippen molar-refractivity contribution >= 4 is 5.91 Å². The number of hydrogen-bond donors (Lipinski definition) is 9. The van der Waals surface area contributed by atoms with Gasteiger partial charge in [-0.3, -0.25) is 4.79 Å². The average Bonchev–Trinajstić information content (AvgIpc) is 3.30. The Morgan fingerprint density at radius 3 is 1.55 bits per heavy atom. The highest BCUT2D eigenvalue weighted by Gasteiger charge is 2.51. The second-order valence-electron chi connectivity index (χ2n) is 18.3. The van der Waals surface area contributed by atoms with Gasteiger partial charge in [-0.1, -0.05) is 166 Å². The third-order valence-electron chi connectivity index (χ3n) is 12.6. The van der Waals surface area contributed by atoms with Gasteiger partial charge in [0.25, 0.3) is 0 Å². The normalized spacial score (nSPS) is 27.3. The molecule has 0 aromatic carbocycles. The molecular formula is C51H93NO13. The first-order chi connectivity index (χ1) is 31.6. The molecule has 12 unspecified atom stereocenters. The third-order valence-corrected chi connectivity index (χ3v) is 12.6. The van der Waals surface area contributed by atoms with Crippen molar-refractivity contribution in [3.63, 3.8) is 0 Å². The Hall–Kier alpha value is -1.79. The van der Waals surface area contributed by atoms with Crippen LogP contribution in [0.15, 0.2) is 36.5 Å². The highest BCUT2D eigenvalue weighted by molar-refractivity contribution is 5.76. The number of amides is 1. The molecule has 0 radical (unpaired) electrons. The van der Waals surface area contributed by atoms with Crippen molar-refractivity contribution in [1.82, 2.24) is 5.32 Å². The van der Waals surface area contributed by atoms with E-state index >= 15 is 0 Å². The largest absolute Gasteiger partial charge is 0.394 e. The smallest absolute Gasteiger partial charge is 0.220 e. The van der Waals surface area contributed by atoms with E-state index in [9.17, 15) is 45.6 Å². The minimum atomic E-state index is -1.79. The molecule has 2 aliphatic rings. The first-order valence-electron chi connectivity index (χ1n) is 25.7. The third kappa shape index (κ3) is 25.4. The van der Waals surface area contributed by atoms with Gasteiger partial charge in [-0.05, 0) is 51.4 Å². The number of nitrogens with one attached hydrogen (secondary N) is 1. The summed E-state index contributed by atoms with van der Waals surface area (Å²) < 4.78 is 22.7. The standard InChI is InChI=1S/C51H93NO13/c1-3-5-7-9-11-13-15-17-19-21-23-25-27-29-31-33-35-43(56)52-39(40(55)34-32-30-28-26-24-22-20-18-16-14-12-10-8-6-4-2)38-62-50-48(61)46(59)49(42(37-54)64-50)65-51-47(60)45(58)44(57)41(36-53)63-51/h13,15,19,21,32,34,39-42,44-51,53-55,57-61H,3-12,14,16-18,20,22-31,33,35-38H2,1-2H3,(H,52,56)/b15-13-,21-19-,34-32+. The maximum atomic E-state index is 13.2. The zero-order chi connectivity index (χ0) is 47.5. The van der Waals surface area contributed by atoms with Gasteiger partial charge in [-0.2, -0.15) is 0 Å². The summed E-state index contributed by atoms with van der Waals surface area (Å²) in [5, 5.41) is 86.7. The second-order valence-corrected chi connectivity index (χ2v) is 18.3. The van der Waals surface area contributed by atoms with Gasteiger partial charge in [0.15, 0.2) is 12.6 Å². The van der Waals surface area contributed by atoms with Crippen LogP contribution in [-0.2, 0) is 23.7 Å². The molecular weight excluding hydrogens is 835 g/mol. The number of aliphatic hydroxyl groups excluding tert-OH is 8. The monoisotopic (exact) mass is 928 g/mol. The van der Waals surface area contributed by atoms with Gasteiger partial charge in [0, 0.05) is 6.42 Å². The Kier molecular flexibility index (Phi) is 34.8. The molecule has 2 saturated heterocycles. The molecule has 14 heteroatoms. The Morgan fingerprint density at radius 1 is 0.554 bits per heavy atom. The lowest BCUT2D eigenvalue weighted by atomic mass is 9.97.